The van der Waals surface area contributed by atoms with Crippen LogP contribution in [0.4, 0.5) is 0 Å². The van der Waals surface area contributed by atoms with Gasteiger partial charge in [-0.05, 0) is 38.5 Å². The second kappa shape index (κ2) is 8.58. The molecular weight excluding hydrogens is 350 g/mol. The van der Waals surface area contributed by atoms with Gasteiger partial charge >= 0.3 is 0 Å². The monoisotopic (exact) mass is 373 g/mol. The molecule has 0 aliphatic carbocycles. The molecule has 1 saturated heterocycles. The SMILES string of the molecule is CCNC(=NCC(C)Oc1cccc(Cl)c1)NC1CCS(=O)(=O)C1. The third kappa shape index (κ3) is 6.20. The van der Waals surface area contributed by atoms with Crippen molar-refractivity contribution in [2.45, 2.75) is 32.4 Å². The summed E-state index contributed by atoms with van der Waals surface area (Å²) in [5.74, 6) is 1.70. The number of guanidine groups is 1. The molecule has 0 saturated carbocycles. The van der Waals surface area contributed by atoms with Crippen molar-refractivity contribution in [1.82, 2.24) is 10.6 Å². The van der Waals surface area contributed by atoms with E-state index < -0.39 is 9.84 Å². The van der Waals surface area contributed by atoms with Crippen molar-refractivity contribution >= 4 is 27.4 Å². The summed E-state index contributed by atoms with van der Waals surface area (Å²) in [5, 5.41) is 6.94. The third-order valence-corrected chi connectivity index (χ3v) is 5.56. The molecule has 0 spiro atoms. The average Bonchev–Trinajstić information content (AvgIpc) is 2.84. The zero-order valence-corrected chi connectivity index (χ0v) is 15.5. The maximum absolute atomic E-state index is 11.5. The highest BCUT2D eigenvalue weighted by atomic mass is 35.5. The molecular formula is C16H24ClN3O3S. The van der Waals surface area contributed by atoms with Gasteiger partial charge in [0.1, 0.15) is 11.9 Å². The van der Waals surface area contributed by atoms with E-state index in [1.807, 2.05) is 26.0 Å². The molecule has 0 radical (unpaired) electrons. The van der Waals surface area contributed by atoms with Crippen molar-refractivity contribution in [2.75, 3.05) is 24.6 Å². The van der Waals surface area contributed by atoms with Gasteiger partial charge < -0.3 is 15.4 Å². The first-order valence-electron chi connectivity index (χ1n) is 8.05. The number of nitrogens with zero attached hydrogens (tertiary/aromatic N) is 1. The minimum absolute atomic E-state index is 0.0862. The van der Waals surface area contributed by atoms with Gasteiger partial charge in [0.25, 0.3) is 0 Å². The minimum atomic E-state index is -2.91. The summed E-state index contributed by atoms with van der Waals surface area (Å²) in [6, 6.07) is 7.14. The molecule has 0 bridgehead atoms. The quantitative estimate of drug-likeness (QED) is 0.587. The normalized spacial score (nSPS) is 21.3. The summed E-state index contributed by atoms with van der Waals surface area (Å²) < 4.78 is 28.9. The summed E-state index contributed by atoms with van der Waals surface area (Å²) in [6.07, 6.45) is 0.479. The number of hydrogen-bond donors (Lipinski definition) is 2. The molecule has 1 fully saturated rings. The summed E-state index contributed by atoms with van der Waals surface area (Å²) in [6.45, 7) is 5.04. The number of hydrogen-bond acceptors (Lipinski definition) is 4. The fraction of sp³-hybridized carbons (Fsp3) is 0.562. The summed E-state index contributed by atoms with van der Waals surface area (Å²) >= 11 is 5.94. The Morgan fingerprint density at radius 3 is 2.92 bits per heavy atom. The smallest absolute Gasteiger partial charge is 0.191 e. The molecule has 6 nitrogen and oxygen atoms in total. The number of aliphatic imine (C=N–C) groups is 1. The number of nitrogens with one attached hydrogen (secondary N) is 2. The van der Waals surface area contributed by atoms with Gasteiger partial charge in [-0.25, -0.2) is 13.4 Å². The highest BCUT2D eigenvalue weighted by molar-refractivity contribution is 7.91. The van der Waals surface area contributed by atoms with Crippen molar-refractivity contribution in [1.29, 1.82) is 0 Å². The fourth-order valence-electron chi connectivity index (χ4n) is 2.45. The Balaban J connectivity index is 1.90. The van der Waals surface area contributed by atoms with Crippen molar-refractivity contribution in [3.8, 4) is 5.75 Å². The molecule has 2 N–H and O–H groups in total. The summed E-state index contributed by atoms with van der Waals surface area (Å²) in [4.78, 5) is 4.48. The first-order chi connectivity index (χ1) is 11.4. The van der Waals surface area contributed by atoms with Crippen LogP contribution < -0.4 is 15.4 Å². The molecule has 24 heavy (non-hydrogen) atoms. The van der Waals surface area contributed by atoms with E-state index in [0.717, 1.165) is 0 Å². The molecule has 1 heterocycles. The lowest BCUT2D eigenvalue weighted by Gasteiger charge is -2.17. The Labute approximate surface area is 148 Å². The zero-order valence-electron chi connectivity index (χ0n) is 14.0. The highest BCUT2D eigenvalue weighted by Crippen LogP contribution is 2.18. The van der Waals surface area contributed by atoms with Crippen LogP contribution >= 0.6 is 11.6 Å². The van der Waals surface area contributed by atoms with Crippen LogP contribution in [0, 0.1) is 0 Å². The molecule has 134 valence electrons. The topological polar surface area (TPSA) is 79.8 Å². The third-order valence-electron chi connectivity index (χ3n) is 3.56. The number of ether oxygens (including phenoxy) is 1. The molecule has 2 unspecified atom stereocenters. The number of sulfone groups is 1. The van der Waals surface area contributed by atoms with Crippen LogP contribution in [0.3, 0.4) is 0 Å². The number of halogens is 1. The molecule has 0 amide bonds. The number of benzene rings is 1. The van der Waals surface area contributed by atoms with Gasteiger partial charge in [-0.3, -0.25) is 0 Å². The van der Waals surface area contributed by atoms with Crippen LogP contribution in [0.5, 0.6) is 5.75 Å². The maximum atomic E-state index is 11.5. The van der Waals surface area contributed by atoms with Gasteiger partial charge in [0, 0.05) is 17.6 Å². The minimum Gasteiger partial charge on any atom is -0.489 e. The fourth-order valence-corrected chi connectivity index (χ4v) is 4.31. The van der Waals surface area contributed by atoms with Crippen LogP contribution in [0.2, 0.25) is 5.02 Å². The van der Waals surface area contributed by atoms with Crippen LogP contribution in [0.1, 0.15) is 20.3 Å². The molecule has 2 atom stereocenters. The predicted molar refractivity (Wildman–Crippen MR) is 97.7 cm³/mol. The molecule has 8 heteroatoms. The number of rotatable bonds is 6. The lowest BCUT2D eigenvalue weighted by Crippen LogP contribution is -2.44. The van der Waals surface area contributed by atoms with E-state index in [0.29, 0.717) is 36.2 Å². The van der Waals surface area contributed by atoms with Crippen molar-refractivity contribution < 1.29 is 13.2 Å². The van der Waals surface area contributed by atoms with Gasteiger partial charge in [0.2, 0.25) is 0 Å². The van der Waals surface area contributed by atoms with Gasteiger partial charge in [-0.2, -0.15) is 0 Å². The Hall–Kier alpha value is -1.47. The Bertz CT molecular complexity index is 679. The second-order valence-corrected chi connectivity index (χ2v) is 8.51. The molecule has 2 rings (SSSR count). The zero-order chi connectivity index (χ0) is 17.6. The van der Waals surface area contributed by atoms with Gasteiger partial charge in [-0.15, -0.1) is 0 Å². The van der Waals surface area contributed by atoms with Crippen LogP contribution in [0.25, 0.3) is 0 Å². The van der Waals surface area contributed by atoms with Crippen molar-refractivity contribution in [3.05, 3.63) is 29.3 Å². The highest BCUT2D eigenvalue weighted by Gasteiger charge is 2.28. The van der Waals surface area contributed by atoms with Crippen molar-refractivity contribution in [2.24, 2.45) is 4.99 Å². The van der Waals surface area contributed by atoms with E-state index >= 15 is 0 Å². The van der Waals surface area contributed by atoms with Crippen molar-refractivity contribution in [3.63, 3.8) is 0 Å². The maximum Gasteiger partial charge on any atom is 0.191 e. The van der Waals surface area contributed by atoms with E-state index in [1.165, 1.54) is 0 Å². The van der Waals surface area contributed by atoms with Gasteiger partial charge in [0.05, 0.1) is 18.1 Å². The molecule has 1 aliphatic heterocycles. The first-order valence-corrected chi connectivity index (χ1v) is 10.3. The largest absolute Gasteiger partial charge is 0.489 e. The van der Waals surface area contributed by atoms with Crippen LogP contribution in [-0.4, -0.2) is 51.1 Å². The van der Waals surface area contributed by atoms with E-state index in [9.17, 15) is 8.42 Å². The lowest BCUT2D eigenvalue weighted by atomic mass is 10.3. The Kier molecular flexibility index (Phi) is 6.74. The van der Waals surface area contributed by atoms with E-state index in [2.05, 4.69) is 15.6 Å². The molecule has 0 aromatic heterocycles. The summed E-state index contributed by atoms with van der Waals surface area (Å²) in [7, 11) is -2.91. The first kappa shape index (κ1) is 18.9. The molecule has 1 aromatic rings. The summed E-state index contributed by atoms with van der Waals surface area (Å²) in [5.41, 5.74) is 0. The standard InChI is InChI=1S/C16H24ClN3O3S/c1-3-18-16(20-14-7-8-24(21,22)11-14)19-10-12(2)23-15-6-4-5-13(17)9-15/h4-6,9,12,14H,3,7-8,10-11H2,1-2H3,(H2,18,19,20). The molecule has 1 aliphatic rings. The second-order valence-electron chi connectivity index (χ2n) is 5.85. The van der Waals surface area contributed by atoms with Crippen LogP contribution in [0.15, 0.2) is 29.3 Å². The van der Waals surface area contributed by atoms with E-state index in [4.69, 9.17) is 16.3 Å². The van der Waals surface area contributed by atoms with Gasteiger partial charge in [0.15, 0.2) is 15.8 Å². The average molecular weight is 374 g/mol. The Morgan fingerprint density at radius 2 is 2.29 bits per heavy atom. The van der Waals surface area contributed by atoms with E-state index in [1.54, 1.807) is 12.1 Å². The Morgan fingerprint density at radius 1 is 1.50 bits per heavy atom. The van der Waals surface area contributed by atoms with E-state index in [-0.39, 0.29) is 23.7 Å². The predicted octanol–water partition coefficient (Wildman–Crippen LogP) is 1.85. The lowest BCUT2D eigenvalue weighted by molar-refractivity contribution is 0.230. The molecule has 1 aromatic carbocycles. The van der Waals surface area contributed by atoms with Gasteiger partial charge in [-0.1, -0.05) is 17.7 Å². The van der Waals surface area contributed by atoms with Crippen LogP contribution in [-0.2, 0) is 9.84 Å².